The lowest BCUT2D eigenvalue weighted by Crippen LogP contribution is -2.26. The normalized spacial score (nSPS) is 12.4. The minimum atomic E-state index is -0.987. The number of aromatic nitrogens is 2. The number of hydrogen-bond donors (Lipinski definition) is 1. The number of rotatable bonds is 13. The second-order valence-electron chi connectivity index (χ2n) is 7.07. The highest BCUT2D eigenvalue weighted by Gasteiger charge is 2.19. The molecule has 1 aromatic heterocycles. The van der Waals surface area contributed by atoms with Crippen molar-refractivity contribution in [3.05, 3.63) is 66.1 Å². The quantitative estimate of drug-likeness (QED) is 0.235. The SMILES string of the molecule is CCCO/N=C(/COc1ccc(CC(OCC)C(=O)O)cc1)c1nnc(-c2ccccc2)o1. The molecular formula is C24H27N3O6. The summed E-state index contributed by atoms with van der Waals surface area (Å²) in [7, 11) is 0. The highest BCUT2D eigenvalue weighted by Crippen LogP contribution is 2.19. The number of nitrogens with zero attached hydrogens (tertiary/aromatic N) is 3. The summed E-state index contributed by atoms with van der Waals surface area (Å²) >= 11 is 0. The topological polar surface area (TPSA) is 116 Å². The van der Waals surface area contributed by atoms with Crippen LogP contribution in [0.15, 0.2) is 64.2 Å². The zero-order valence-electron chi connectivity index (χ0n) is 18.6. The van der Waals surface area contributed by atoms with Crippen LogP contribution in [0, 0.1) is 0 Å². The van der Waals surface area contributed by atoms with Crippen molar-refractivity contribution in [3.63, 3.8) is 0 Å². The number of hydrogen-bond acceptors (Lipinski definition) is 8. The molecule has 1 atom stereocenters. The molecule has 3 aromatic rings. The summed E-state index contributed by atoms with van der Waals surface area (Å²) in [6.07, 6.45) is 0.190. The summed E-state index contributed by atoms with van der Waals surface area (Å²) in [6, 6.07) is 16.5. The Morgan fingerprint density at radius 2 is 1.85 bits per heavy atom. The number of carbonyl (C=O) groups is 1. The van der Waals surface area contributed by atoms with Crippen LogP contribution in [0.4, 0.5) is 0 Å². The zero-order valence-corrected chi connectivity index (χ0v) is 18.6. The van der Waals surface area contributed by atoms with Gasteiger partial charge in [0.2, 0.25) is 5.89 Å². The van der Waals surface area contributed by atoms with Crippen LogP contribution in [0.25, 0.3) is 11.5 Å². The maximum atomic E-state index is 11.3. The lowest BCUT2D eigenvalue weighted by Gasteiger charge is -2.13. The highest BCUT2D eigenvalue weighted by molar-refractivity contribution is 5.97. The lowest BCUT2D eigenvalue weighted by atomic mass is 10.1. The van der Waals surface area contributed by atoms with Gasteiger partial charge in [-0.1, -0.05) is 42.4 Å². The first kappa shape index (κ1) is 23.9. The third-order valence-electron chi connectivity index (χ3n) is 4.53. The molecule has 174 valence electrons. The summed E-state index contributed by atoms with van der Waals surface area (Å²) < 4.78 is 16.9. The third-order valence-corrected chi connectivity index (χ3v) is 4.53. The molecule has 2 aromatic carbocycles. The molecular weight excluding hydrogens is 426 g/mol. The number of carboxylic acid groups (broad SMARTS) is 1. The van der Waals surface area contributed by atoms with Gasteiger partial charge in [-0.25, -0.2) is 4.79 Å². The molecule has 0 aliphatic heterocycles. The summed E-state index contributed by atoms with van der Waals surface area (Å²) in [5.74, 6) is 0.176. The smallest absolute Gasteiger partial charge is 0.333 e. The van der Waals surface area contributed by atoms with Gasteiger partial charge in [-0.15, -0.1) is 10.2 Å². The van der Waals surface area contributed by atoms with Crippen LogP contribution in [0.2, 0.25) is 0 Å². The van der Waals surface area contributed by atoms with Gasteiger partial charge in [-0.2, -0.15) is 0 Å². The Morgan fingerprint density at radius 1 is 1.09 bits per heavy atom. The average molecular weight is 453 g/mol. The Balaban J connectivity index is 1.67. The molecule has 1 unspecified atom stereocenters. The van der Waals surface area contributed by atoms with E-state index in [2.05, 4.69) is 15.4 Å². The van der Waals surface area contributed by atoms with Gasteiger partial charge in [-0.05, 0) is 43.2 Å². The fourth-order valence-electron chi connectivity index (χ4n) is 2.89. The van der Waals surface area contributed by atoms with E-state index in [1.54, 1.807) is 31.2 Å². The van der Waals surface area contributed by atoms with Crippen LogP contribution < -0.4 is 4.74 Å². The van der Waals surface area contributed by atoms with Gasteiger partial charge in [0.25, 0.3) is 5.89 Å². The van der Waals surface area contributed by atoms with E-state index < -0.39 is 12.1 Å². The Morgan fingerprint density at radius 3 is 2.52 bits per heavy atom. The molecule has 0 saturated heterocycles. The summed E-state index contributed by atoms with van der Waals surface area (Å²) in [6.45, 7) is 4.58. The second kappa shape index (κ2) is 12.4. The lowest BCUT2D eigenvalue weighted by molar-refractivity contribution is -0.149. The van der Waals surface area contributed by atoms with Crippen molar-refractivity contribution in [1.82, 2.24) is 10.2 Å². The summed E-state index contributed by atoms with van der Waals surface area (Å²) in [5.41, 5.74) is 1.99. The zero-order chi connectivity index (χ0) is 23.5. The fourth-order valence-corrected chi connectivity index (χ4v) is 2.89. The first-order valence-electron chi connectivity index (χ1n) is 10.7. The van der Waals surface area contributed by atoms with Crippen molar-refractivity contribution in [2.45, 2.75) is 32.8 Å². The monoisotopic (exact) mass is 453 g/mol. The number of benzene rings is 2. The molecule has 0 spiro atoms. The number of aliphatic carboxylic acids is 1. The van der Waals surface area contributed by atoms with E-state index in [0.29, 0.717) is 30.6 Å². The summed E-state index contributed by atoms with van der Waals surface area (Å²) in [5, 5.41) is 21.5. The van der Waals surface area contributed by atoms with Crippen molar-refractivity contribution in [2.75, 3.05) is 19.8 Å². The van der Waals surface area contributed by atoms with Gasteiger partial charge in [0.1, 0.15) is 19.0 Å². The van der Waals surface area contributed by atoms with Crippen LogP contribution >= 0.6 is 0 Å². The van der Waals surface area contributed by atoms with Gasteiger partial charge in [0, 0.05) is 18.6 Å². The average Bonchev–Trinajstić information content (AvgIpc) is 3.32. The third kappa shape index (κ3) is 7.15. The predicted molar refractivity (Wildman–Crippen MR) is 121 cm³/mol. The first-order chi connectivity index (χ1) is 16.1. The van der Waals surface area contributed by atoms with Crippen LogP contribution in [0.1, 0.15) is 31.7 Å². The van der Waals surface area contributed by atoms with E-state index >= 15 is 0 Å². The van der Waals surface area contributed by atoms with Crippen molar-refractivity contribution in [2.24, 2.45) is 5.16 Å². The molecule has 1 N–H and O–H groups in total. The number of carboxylic acids is 1. The van der Waals surface area contributed by atoms with E-state index in [0.717, 1.165) is 17.5 Å². The molecule has 0 fully saturated rings. The Hall–Kier alpha value is -3.72. The molecule has 0 aliphatic carbocycles. The molecule has 0 radical (unpaired) electrons. The van der Waals surface area contributed by atoms with E-state index in [1.165, 1.54) is 0 Å². The van der Waals surface area contributed by atoms with Crippen LogP contribution in [-0.2, 0) is 20.8 Å². The molecule has 9 heteroatoms. The van der Waals surface area contributed by atoms with Crippen LogP contribution in [-0.4, -0.2) is 52.9 Å². The van der Waals surface area contributed by atoms with Crippen LogP contribution in [0.5, 0.6) is 5.75 Å². The molecule has 9 nitrogen and oxygen atoms in total. The predicted octanol–water partition coefficient (Wildman–Crippen LogP) is 3.98. The first-order valence-corrected chi connectivity index (χ1v) is 10.7. The molecule has 1 heterocycles. The van der Waals surface area contributed by atoms with Crippen LogP contribution in [0.3, 0.4) is 0 Å². The van der Waals surface area contributed by atoms with Gasteiger partial charge in [0.15, 0.2) is 11.8 Å². The van der Waals surface area contributed by atoms with Gasteiger partial charge < -0.3 is 23.8 Å². The Kier molecular flexibility index (Phi) is 8.96. The number of oxime groups is 1. The van der Waals surface area contributed by atoms with Crippen molar-refractivity contribution in [3.8, 4) is 17.2 Å². The maximum Gasteiger partial charge on any atom is 0.333 e. The molecule has 3 rings (SSSR count). The molecule has 0 amide bonds. The minimum Gasteiger partial charge on any atom is -0.487 e. The van der Waals surface area contributed by atoms with Gasteiger partial charge in [-0.3, -0.25) is 0 Å². The molecule has 33 heavy (non-hydrogen) atoms. The van der Waals surface area contributed by atoms with Gasteiger partial charge in [0.05, 0.1) is 0 Å². The Bertz CT molecular complexity index is 1030. The van der Waals surface area contributed by atoms with E-state index in [-0.39, 0.29) is 18.9 Å². The van der Waals surface area contributed by atoms with Gasteiger partial charge >= 0.3 is 5.97 Å². The molecule has 0 aliphatic rings. The fraction of sp³-hybridized carbons (Fsp3) is 0.333. The van der Waals surface area contributed by atoms with Crippen molar-refractivity contribution < 1.29 is 28.6 Å². The highest BCUT2D eigenvalue weighted by atomic mass is 16.6. The van der Waals surface area contributed by atoms with E-state index in [9.17, 15) is 9.90 Å². The number of ether oxygens (including phenoxy) is 2. The standard InChI is InChI=1S/C24H27N3O6/c1-3-14-32-27-20(23-26-25-22(33-23)18-8-6-5-7-9-18)16-31-19-12-10-17(11-13-19)15-21(24(28)29)30-4-2/h5-13,21H,3-4,14-16H2,1-2H3,(H,28,29)/b27-20-. The Labute approximate surface area is 192 Å². The van der Waals surface area contributed by atoms with Crippen molar-refractivity contribution in [1.29, 1.82) is 0 Å². The van der Waals surface area contributed by atoms with Crippen molar-refractivity contribution >= 4 is 11.7 Å². The second-order valence-corrected chi connectivity index (χ2v) is 7.07. The van der Waals surface area contributed by atoms with E-state index in [4.69, 9.17) is 18.7 Å². The molecule has 0 bridgehead atoms. The summed E-state index contributed by atoms with van der Waals surface area (Å²) in [4.78, 5) is 16.6. The minimum absolute atomic E-state index is 0.0518. The largest absolute Gasteiger partial charge is 0.487 e. The molecule has 0 saturated carbocycles. The maximum absolute atomic E-state index is 11.3. The van der Waals surface area contributed by atoms with E-state index in [1.807, 2.05) is 37.3 Å².